The molecule has 0 aliphatic rings. The van der Waals surface area contributed by atoms with Crippen molar-refractivity contribution in [3.05, 3.63) is 243 Å². The predicted molar refractivity (Wildman–Crippen MR) is 282 cm³/mol. The SMILES string of the molecule is c1ccc(-c2cc(-c3ccccc3)cc(-c3c4ccccc4c(-c4cccc5sc6ccc(-c7c8ccccc8c(-c8ccccc8)c8ccccc78)cc6c45)c4ccccc34)c2)cc1. The summed E-state index contributed by atoms with van der Waals surface area (Å²) in [6, 6.07) is 89.8. The summed E-state index contributed by atoms with van der Waals surface area (Å²) in [6.45, 7) is 0. The molecule has 1 heteroatoms. The molecule has 0 saturated carbocycles. The minimum absolute atomic E-state index is 1.21. The smallest absolute Gasteiger partial charge is 0.0361 e. The van der Waals surface area contributed by atoms with Crippen LogP contribution in [0.1, 0.15) is 0 Å². The van der Waals surface area contributed by atoms with Crippen LogP contribution in [0.3, 0.4) is 0 Å². The molecule has 65 heavy (non-hydrogen) atoms. The fraction of sp³-hybridized carbons (Fsp3) is 0. The van der Waals surface area contributed by atoms with E-state index in [9.17, 15) is 0 Å². The molecule has 0 unspecified atom stereocenters. The first-order chi connectivity index (χ1) is 32.3. The number of hydrogen-bond acceptors (Lipinski definition) is 1. The molecular weight excluding hydrogens is 801 g/mol. The highest BCUT2D eigenvalue weighted by Gasteiger charge is 2.22. The number of fused-ring (bicyclic) bond motifs is 7. The fourth-order valence-corrected chi connectivity index (χ4v) is 11.8. The average Bonchev–Trinajstić information content (AvgIpc) is 3.76. The second-order valence-electron chi connectivity index (χ2n) is 17.1. The molecule has 0 spiro atoms. The molecule has 13 aromatic rings. The van der Waals surface area contributed by atoms with Gasteiger partial charge in [0.1, 0.15) is 0 Å². The lowest BCUT2D eigenvalue weighted by Crippen LogP contribution is -1.93. The third kappa shape index (κ3) is 6.12. The Labute approximate surface area is 382 Å². The standard InChI is InChI=1S/C64H40S/c1-4-19-41(20-5-1)45-37-46(42-21-6-2-7-22-42)39-47(38-45)62-52-29-14-16-31-54(52)63(55-32-17-15-30-53(55)62)56-33-18-34-59-64(56)57-40-44(35-36-58(57)65-59)61-50-27-12-10-25-48(50)60(43-23-8-3-9-24-43)49-26-11-13-28-51(49)61/h1-40H. The topological polar surface area (TPSA) is 0 Å². The van der Waals surface area contributed by atoms with Crippen LogP contribution in [0.15, 0.2) is 243 Å². The van der Waals surface area contributed by atoms with Gasteiger partial charge in [-0.25, -0.2) is 0 Å². The lowest BCUT2D eigenvalue weighted by atomic mass is 9.83. The second kappa shape index (κ2) is 15.3. The number of rotatable bonds is 6. The minimum atomic E-state index is 1.21. The summed E-state index contributed by atoms with van der Waals surface area (Å²) in [5, 5.41) is 12.7. The highest BCUT2D eigenvalue weighted by Crippen LogP contribution is 2.50. The molecule has 0 N–H and O–H groups in total. The van der Waals surface area contributed by atoms with Gasteiger partial charge >= 0.3 is 0 Å². The lowest BCUT2D eigenvalue weighted by Gasteiger charge is -2.20. The Morgan fingerprint density at radius 3 is 1.06 bits per heavy atom. The van der Waals surface area contributed by atoms with E-state index in [1.165, 1.54) is 130 Å². The van der Waals surface area contributed by atoms with Gasteiger partial charge in [-0.15, -0.1) is 11.3 Å². The van der Waals surface area contributed by atoms with Crippen LogP contribution in [0, 0.1) is 0 Å². The van der Waals surface area contributed by atoms with Gasteiger partial charge in [-0.3, -0.25) is 0 Å². The van der Waals surface area contributed by atoms with E-state index < -0.39 is 0 Å². The van der Waals surface area contributed by atoms with Crippen molar-refractivity contribution in [2.75, 3.05) is 0 Å². The van der Waals surface area contributed by atoms with Gasteiger partial charge in [0.25, 0.3) is 0 Å². The van der Waals surface area contributed by atoms with Crippen LogP contribution in [0.5, 0.6) is 0 Å². The molecule has 0 bridgehead atoms. The van der Waals surface area contributed by atoms with E-state index in [1.807, 2.05) is 11.3 Å². The van der Waals surface area contributed by atoms with Crippen LogP contribution in [0.2, 0.25) is 0 Å². The van der Waals surface area contributed by atoms with Gasteiger partial charge in [0.2, 0.25) is 0 Å². The van der Waals surface area contributed by atoms with Crippen molar-refractivity contribution in [2.24, 2.45) is 0 Å². The molecule has 0 nitrogen and oxygen atoms in total. The van der Waals surface area contributed by atoms with Gasteiger partial charge in [-0.2, -0.15) is 0 Å². The van der Waals surface area contributed by atoms with Gasteiger partial charge in [0, 0.05) is 20.2 Å². The molecule has 302 valence electrons. The van der Waals surface area contributed by atoms with E-state index in [0.29, 0.717) is 0 Å². The van der Waals surface area contributed by atoms with E-state index >= 15 is 0 Å². The van der Waals surface area contributed by atoms with Crippen LogP contribution in [0.25, 0.3) is 130 Å². The van der Waals surface area contributed by atoms with Crippen molar-refractivity contribution >= 4 is 74.6 Å². The zero-order valence-corrected chi connectivity index (χ0v) is 36.3. The molecule has 1 heterocycles. The Bertz CT molecular complexity index is 3800. The largest absolute Gasteiger partial charge is 0.135 e. The van der Waals surface area contributed by atoms with Crippen LogP contribution < -0.4 is 0 Å². The third-order valence-corrected chi connectivity index (χ3v) is 14.6. The third-order valence-electron chi connectivity index (χ3n) is 13.4. The molecule has 13 rings (SSSR count). The predicted octanol–water partition coefficient (Wildman–Crippen LogP) is 18.7. The second-order valence-corrected chi connectivity index (χ2v) is 18.2. The quantitative estimate of drug-likeness (QED) is 0.146. The summed E-state index contributed by atoms with van der Waals surface area (Å²) < 4.78 is 2.59. The highest BCUT2D eigenvalue weighted by atomic mass is 32.1. The normalized spacial score (nSPS) is 11.7. The Balaban J connectivity index is 1.07. The maximum absolute atomic E-state index is 2.48. The maximum Gasteiger partial charge on any atom is 0.0361 e. The van der Waals surface area contributed by atoms with Gasteiger partial charge < -0.3 is 0 Å². The number of thiophene rings is 1. The molecule has 0 fully saturated rings. The molecule has 12 aromatic carbocycles. The van der Waals surface area contributed by atoms with E-state index in [-0.39, 0.29) is 0 Å². The first kappa shape index (κ1) is 37.5. The Morgan fingerprint density at radius 2 is 0.585 bits per heavy atom. The van der Waals surface area contributed by atoms with Crippen molar-refractivity contribution in [3.8, 4) is 66.8 Å². The fourth-order valence-electron chi connectivity index (χ4n) is 10.6. The van der Waals surface area contributed by atoms with Crippen LogP contribution >= 0.6 is 11.3 Å². The monoisotopic (exact) mass is 840 g/mol. The molecule has 0 amide bonds. The van der Waals surface area contributed by atoms with E-state index in [4.69, 9.17) is 0 Å². The Morgan fingerprint density at radius 1 is 0.200 bits per heavy atom. The van der Waals surface area contributed by atoms with Crippen molar-refractivity contribution in [1.29, 1.82) is 0 Å². The van der Waals surface area contributed by atoms with Crippen LogP contribution in [0.4, 0.5) is 0 Å². The molecule has 0 atom stereocenters. The van der Waals surface area contributed by atoms with Gasteiger partial charge in [-0.05, 0) is 146 Å². The zero-order valence-electron chi connectivity index (χ0n) is 35.5. The lowest BCUT2D eigenvalue weighted by molar-refractivity contribution is 1.58. The first-order valence-electron chi connectivity index (χ1n) is 22.4. The molecule has 0 radical (unpaired) electrons. The molecule has 0 aliphatic heterocycles. The minimum Gasteiger partial charge on any atom is -0.135 e. The van der Waals surface area contributed by atoms with Crippen LogP contribution in [-0.2, 0) is 0 Å². The summed E-state index contributed by atoms with van der Waals surface area (Å²) in [4.78, 5) is 0. The van der Waals surface area contributed by atoms with E-state index in [1.54, 1.807) is 0 Å². The average molecular weight is 841 g/mol. The number of benzene rings is 12. The van der Waals surface area contributed by atoms with Crippen molar-refractivity contribution in [1.82, 2.24) is 0 Å². The highest BCUT2D eigenvalue weighted by molar-refractivity contribution is 7.26. The number of hydrogen-bond donors (Lipinski definition) is 0. The van der Waals surface area contributed by atoms with E-state index in [2.05, 4.69) is 243 Å². The van der Waals surface area contributed by atoms with Gasteiger partial charge in [0.05, 0.1) is 0 Å². The van der Waals surface area contributed by atoms with Gasteiger partial charge in [0.15, 0.2) is 0 Å². The Hall–Kier alpha value is -8.10. The molecule has 0 aliphatic carbocycles. The summed E-state index contributed by atoms with van der Waals surface area (Å²) in [5.41, 5.74) is 14.9. The zero-order chi connectivity index (χ0) is 42.8. The summed E-state index contributed by atoms with van der Waals surface area (Å²) in [6.07, 6.45) is 0. The Kier molecular flexibility index (Phi) is 8.82. The molecule has 1 aromatic heterocycles. The van der Waals surface area contributed by atoms with Crippen molar-refractivity contribution in [3.63, 3.8) is 0 Å². The summed E-state index contributed by atoms with van der Waals surface area (Å²) in [5.74, 6) is 0. The summed E-state index contributed by atoms with van der Waals surface area (Å²) >= 11 is 1.89. The van der Waals surface area contributed by atoms with Gasteiger partial charge in [-0.1, -0.05) is 206 Å². The van der Waals surface area contributed by atoms with Crippen LogP contribution in [-0.4, -0.2) is 0 Å². The molecule has 0 saturated heterocycles. The summed E-state index contributed by atoms with van der Waals surface area (Å²) in [7, 11) is 0. The van der Waals surface area contributed by atoms with Crippen molar-refractivity contribution < 1.29 is 0 Å². The van der Waals surface area contributed by atoms with E-state index in [0.717, 1.165) is 0 Å². The first-order valence-corrected chi connectivity index (χ1v) is 23.2. The van der Waals surface area contributed by atoms with Crippen molar-refractivity contribution in [2.45, 2.75) is 0 Å². The maximum atomic E-state index is 2.48. The molecular formula is C64H40S.